The van der Waals surface area contributed by atoms with Crippen molar-refractivity contribution >= 4 is 11.9 Å². The highest BCUT2D eigenvalue weighted by Gasteiger charge is 2.39. The van der Waals surface area contributed by atoms with Crippen LogP contribution in [-0.4, -0.2) is 35.0 Å². The summed E-state index contributed by atoms with van der Waals surface area (Å²) in [5.74, 6) is -0.591. The second-order valence-electron chi connectivity index (χ2n) is 5.54. The van der Waals surface area contributed by atoms with Gasteiger partial charge in [0.1, 0.15) is 0 Å². The van der Waals surface area contributed by atoms with E-state index >= 15 is 0 Å². The van der Waals surface area contributed by atoms with Crippen LogP contribution < -0.4 is 0 Å². The van der Waals surface area contributed by atoms with Gasteiger partial charge in [0.15, 0.2) is 0 Å². The van der Waals surface area contributed by atoms with Gasteiger partial charge < -0.3 is 10.0 Å². The third kappa shape index (κ3) is 2.99. The lowest BCUT2D eigenvalue weighted by Crippen LogP contribution is -2.34. The lowest BCUT2D eigenvalue weighted by Gasteiger charge is -2.28. The number of rotatable bonds is 4. The van der Waals surface area contributed by atoms with Crippen molar-refractivity contribution in [1.29, 1.82) is 0 Å². The highest BCUT2D eigenvalue weighted by Crippen LogP contribution is 2.44. The van der Waals surface area contributed by atoms with Crippen LogP contribution in [0.5, 0.6) is 0 Å². The van der Waals surface area contributed by atoms with Gasteiger partial charge in [0, 0.05) is 19.5 Å². The largest absolute Gasteiger partial charge is 0.481 e. The fourth-order valence-corrected chi connectivity index (χ4v) is 3.26. The molecule has 0 spiro atoms. The molecule has 2 fully saturated rings. The number of hydrogen-bond acceptors (Lipinski definition) is 2. The standard InChI is InChI=1S/C13H21NO3/c15-11(14-7-3-4-8-14)9-13(10-12(16)17)5-1-2-6-13/h1-10H2,(H,16,17). The van der Waals surface area contributed by atoms with Crippen LogP contribution in [0.4, 0.5) is 0 Å². The first-order valence-corrected chi connectivity index (χ1v) is 6.61. The van der Waals surface area contributed by atoms with Gasteiger partial charge in [-0.1, -0.05) is 12.8 Å². The molecule has 1 aliphatic heterocycles. The number of carboxylic acids is 1. The monoisotopic (exact) mass is 239 g/mol. The Morgan fingerprint density at radius 3 is 2.12 bits per heavy atom. The van der Waals surface area contributed by atoms with Crippen molar-refractivity contribution in [2.24, 2.45) is 5.41 Å². The Bertz CT molecular complexity index is 302. The van der Waals surface area contributed by atoms with Gasteiger partial charge in [-0.3, -0.25) is 9.59 Å². The molecule has 0 aromatic heterocycles. The van der Waals surface area contributed by atoms with Gasteiger partial charge in [-0.15, -0.1) is 0 Å². The lowest BCUT2D eigenvalue weighted by atomic mass is 9.79. The first-order chi connectivity index (χ1) is 8.11. The second kappa shape index (κ2) is 5.07. The average molecular weight is 239 g/mol. The molecule has 1 saturated carbocycles. The zero-order chi connectivity index (χ0) is 12.3. The van der Waals surface area contributed by atoms with E-state index in [4.69, 9.17) is 5.11 Å². The maximum absolute atomic E-state index is 12.1. The van der Waals surface area contributed by atoms with E-state index in [0.29, 0.717) is 6.42 Å². The first kappa shape index (κ1) is 12.4. The SMILES string of the molecule is O=C(O)CC1(CC(=O)N2CCCC2)CCCC1. The van der Waals surface area contributed by atoms with E-state index in [0.717, 1.165) is 51.6 Å². The minimum atomic E-state index is -0.763. The Morgan fingerprint density at radius 2 is 1.59 bits per heavy atom. The zero-order valence-electron chi connectivity index (χ0n) is 10.3. The molecule has 17 heavy (non-hydrogen) atoms. The molecule has 0 aromatic rings. The maximum atomic E-state index is 12.1. The maximum Gasteiger partial charge on any atom is 0.303 e. The molecule has 2 aliphatic rings. The molecule has 2 rings (SSSR count). The molecule has 4 heteroatoms. The molecule has 0 radical (unpaired) electrons. The number of carbonyl (C=O) groups is 2. The molecule has 1 aliphatic carbocycles. The summed E-state index contributed by atoms with van der Waals surface area (Å²) in [4.78, 5) is 25.0. The molecular weight excluding hydrogens is 218 g/mol. The van der Waals surface area contributed by atoms with E-state index < -0.39 is 5.97 Å². The molecule has 96 valence electrons. The fourth-order valence-electron chi connectivity index (χ4n) is 3.26. The number of amides is 1. The Labute approximate surface area is 102 Å². The molecule has 1 saturated heterocycles. The van der Waals surface area contributed by atoms with Crippen molar-refractivity contribution in [3.8, 4) is 0 Å². The summed E-state index contributed by atoms with van der Waals surface area (Å²) in [6.45, 7) is 1.73. The quantitative estimate of drug-likeness (QED) is 0.816. The predicted molar refractivity (Wildman–Crippen MR) is 63.6 cm³/mol. The van der Waals surface area contributed by atoms with E-state index in [-0.39, 0.29) is 17.7 Å². The van der Waals surface area contributed by atoms with Gasteiger partial charge in [0.05, 0.1) is 6.42 Å². The van der Waals surface area contributed by atoms with Crippen LogP contribution in [0.15, 0.2) is 0 Å². The summed E-state index contributed by atoms with van der Waals surface area (Å²) in [5.41, 5.74) is -0.245. The van der Waals surface area contributed by atoms with Crippen molar-refractivity contribution < 1.29 is 14.7 Å². The van der Waals surface area contributed by atoms with Gasteiger partial charge in [0.2, 0.25) is 5.91 Å². The zero-order valence-corrected chi connectivity index (χ0v) is 10.3. The minimum absolute atomic E-state index is 0.159. The van der Waals surface area contributed by atoms with Crippen LogP contribution in [0.2, 0.25) is 0 Å². The van der Waals surface area contributed by atoms with Crippen LogP contribution in [0, 0.1) is 5.41 Å². The third-order valence-corrected chi connectivity index (χ3v) is 4.18. The number of likely N-dealkylation sites (tertiary alicyclic amines) is 1. The Balaban J connectivity index is 1.97. The first-order valence-electron chi connectivity index (χ1n) is 6.61. The van der Waals surface area contributed by atoms with Crippen molar-refractivity contribution in [3.63, 3.8) is 0 Å². The predicted octanol–water partition coefficient (Wildman–Crippen LogP) is 2.03. The molecule has 0 aromatic carbocycles. The van der Waals surface area contributed by atoms with Gasteiger partial charge in [-0.2, -0.15) is 0 Å². The number of aliphatic carboxylic acids is 1. The smallest absolute Gasteiger partial charge is 0.303 e. The number of hydrogen-bond donors (Lipinski definition) is 1. The molecular formula is C13H21NO3. The highest BCUT2D eigenvalue weighted by atomic mass is 16.4. The Kier molecular flexibility index (Phi) is 3.69. The van der Waals surface area contributed by atoms with Gasteiger partial charge in [0.25, 0.3) is 0 Å². The fraction of sp³-hybridized carbons (Fsp3) is 0.846. The Hall–Kier alpha value is -1.06. The average Bonchev–Trinajstić information content (AvgIpc) is 2.86. The van der Waals surface area contributed by atoms with Crippen molar-refractivity contribution in [1.82, 2.24) is 4.90 Å². The minimum Gasteiger partial charge on any atom is -0.481 e. The Morgan fingerprint density at radius 1 is 1.00 bits per heavy atom. The highest BCUT2D eigenvalue weighted by molar-refractivity contribution is 5.78. The summed E-state index contributed by atoms with van der Waals surface area (Å²) in [5, 5.41) is 8.99. The summed E-state index contributed by atoms with van der Waals surface area (Å²) in [7, 11) is 0. The second-order valence-corrected chi connectivity index (χ2v) is 5.54. The molecule has 1 heterocycles. The summed E-state index contributed by atoms with van der Waals surface area (Å²) in [6, 6.07) is 0. The lowest BCUT2D eigenvalue weighted by molar-refractivity contribution is -0.141. The van der Waals surface area contributed by atoms with Crippen molar-refractivity contribution in [2.75, 3.05) is 13.1 Å². The summed E-state index contributed by atoms with van der Waals surface area (Å²) >= 11 is 0. The molecule has 4 nitrogen and oxygen atoms in total. The van der Waals surface area contributed by atoms with Crippen molar-refractivity contribution in [2.45, 2.75) is 51.4 Å². The van der Waals surface area contributed by atoms with E-state index in [9.17, 15) is 9.59 Å². The van der Waals surface area contributed by atoms with Gasteiger partial charge in [-0.25, -0.2) is 0 Å². The number of carboxylic acid groups (broad SMARTS) is 1. The molecule has 0 unspecified atom stereocenters. The van der Waals surface area contributed by atoms with Crippen LogP contribution in [0.3, 0.4) is 0 Å². The van der Waals surface area contributed by atoms with Crippen molar-refractivity contribution in [3.05, 3.63) is 0 Å². The van der Waals surface area contributed by atoms with Gasteiger partial charge >= 0.3 is 5.97 Å². The third-order valence-electron chi connectivity index (χ3n) is 4.18. The molecule has 1 N–H and O–H groups in total. The van der Waals surface area contributed by atoms with Crippen LogP contribution in [0.25, 0.3) is 0 Å². The van der Waals surface area contributed by atoms with Gasteiger partial charge in [-0.05, 0) is 31.1 Å². The van der Waals surface area contributed by atoms with Crippen LogP contribution in [0.1, 0.15) is 51.4 Å². The normalized spacial score (nSPS) is 22.9. The summed E-state index contributed by atoms with van der Waals surface area (Å²) < 4.78 is 0. The number of nitrogens with zero attached hydrogens (tertiary/aromatic N) is 1. The van der Waals surface area contributed by atoms with Crippen LogP contribution >= 0.6 is 0 Å². The van der Waals surface area contributed by atoms with E-state index in [2.05, 4.69) is 0 Å². The van der Waals surface area contributed by atoms with E-state index in [1.807, 2.05) is 4.90 Å². The summed E-state index contributed by atoms with van der Waals surface area (Å²) in [6.07, 6.45) is 6.74. The van der Waals surface area contributed by atoms with E-state index in [1.165, 1.54) is 0 Å². The molecule has 0 atom stereocenters. The molecule has 0 bridgehead atoms. The van der Waals surface area contributed by atoms with E-state index in [1.54, 1.807) is 0 Å². The van der Waals surface area contributed by atoms with Crippen LogP contribution in [-0.2, 0) is 9.59 Å². The topological polar surface area (TPSA) is 57.6 Å². The molecule has 1 amide bonds. The number of carbonyl (C=O) groups excluding carboxylic acids is 1.